The number of benzene rings is 1. The van der Waals surface area contributed by atoms with Crippen LogP contribution in [0.5, 0.6) is 0 Å². The number of amides is 2. The third kappa shape index (κ3) is 5.05. The van der Waals surface area contributed by atoms with Crippen molar-refractivity contribution in [2.75, 3.05) is 11.9 Å². The second kappa shape index (κ2) is 10.1. The number of carbonyl (C=O) groups excluding carboxylic acids is 2. The molecule has 0 spiro atoms. The Bertz CT molecular complexity index is 1470. The maximum Gasteiger partial charge on any atom is 0.248 e. The van der Waals surface area contributed by atoms with Gasteiger partial charge in [0, 0.05) is 29.4 Å². The zero-order valence-corrected chi connectivity index (χ0v) is 20.6. The SMILES string of the molecule is Cc1cccc(NC(=O)[C@@H]2CCCN2C(=O)Cn2nc(C(C)O)c3cc(-c4ccc(F)nc4)ccc32)n1. The van der Waals surface area contributed by atoms with E-state index in [0.29, 0.717) is 35.4 Å². The van der Waals surface area contributed by atoms with Crippen molar-refractivity contribution < 1.29 is 19.1 Å². The number of hydrogen-bond donors (Lipinski definition) is 2. The monoisotopic (exact) mass is 502 g/mol. The molecule has 0 radical (unpaired) electrons. The maximum atomic E-state index is 13.3. The number of halogens is 1. The van der Waals surface area contributed by atoms with E-state index in [1.54, 1.807) is 28.6 Å². The molecule has 2 atom stereocenters. The molecule has 1 fully saturated rings. The summed E-state index contributed by atoms with van der Waals surface area (Å²) in [4.78, 5) is 35.9. The molecule has 3 aromatic heterocycles. The van der Waals surface area contributed by atoms with Crippen LogP contribution in [0.4, 0.5) is 10.2 Å². The van der Waals surface area contributed by atoms with Gasteiger partial charge in [0.2, 0.25) is 17.8 Å². The number of pyridine rings is 2. The van der Waals surface area contributed by atoms with Crippen molar-refractivity contribution in [2.24, 2.45) is 0 Å². The number of likely N-dealkylation sites (tertiary alicyclic amines) is 1. The minimum absolute atomic E-state index is 0.0762. The molecule has 1 aromatic carbocycles. The van der Waals surface area contributed by atoms with Gasteiger partial charge in [-0.15, -0.1) is 0 Å². The van der Waals surface area contributed by atoms with Gasteiger partial charge in [-0.3, -0.25) is 14.3 Å². The lowest BCUT2D eigenvalue weighted by Crippen LogP contribution is -2.44. The van der Waals surface area contributed by atoms with Crippen LogP contribution in [0.25, 0.3) is 22.0 Å². The van der Waals surface area contributed by atoms with Crippen molar-refractivity contribution in [2.45, 2.75) is 45.4 Å². The van der Waals surface area contributed by atoms with E-state index in [0.717, 1.165) is 23.2 Å². The number of hydrogen-bond acceptors (Lipinski definition) is 6. The highest BCUT2D eigenvalue weighted by Crippen LogP contribution is 2.30. The van der Waals surface area contributed by atoms with Gasteiger partial charge < -0.3 is 15.3 Å². The molecule has 10 heteroatoms. The van der Waals surface area contributed by atoms with E-state index in [-0.39, 0.29) is 18.4 Å². The van der Waals surface area contributed by atoms with Crippen molar-refractivity contribution in [3.63, 3.8) is 0 Å². The first-order valence-electron chi connectivity index (χ1n) is 12.1. The van der Waals surface area contributed by atoms with Crippen LogP contribution in [0.15, 0.2) is 54.7 Å². The highest BCUT2D eigenvalue weighted by molar-refractivity contribution is 5.97. The molecule has 4 aromatic rings. The molecule has 0 bridgehead atoms. The summed E-state index contributed by atoms with van der Waals surface area (Å²) >= 11 is 0. The molecule has 190 valence electrons. The first-order valence-corrected chi connectivity index (χ1v) is 12.1. The van der Waals surface area contributed by atoms with Crippen LogP contribution in [-0.2, 0) is 16.1 Å². The Hall–Kier alpha value is -4.18. The van der Waals surface area contributed by atoms with Gasteiger partial charge >= 0.3 is 0 Å². The number of nitrogens with one attached hydrogen (secondary N) is 1. The lowest BCUT2D eigenvalue weighted by atomic mass is 10.0. The van der Waals surface area contributed by atoms with Gasteiger partial charge in [-0.25, -0.2) is 9.97 Å². The van der Waals surface area contributed by atoms with Gasteiger partial charge in [0.1, 0.15) is 18.4 Å². The highest BCUT2D eigenvalue weighted by atomic mass is 19.1. The number of rotatable bonds is 6. The zero-order chi connectivity index (χ0) is 26.1. The second-order valence-electron chi connectivity index (χ2n) is 9.22. The topological polar surface area (TPSA) is 113 Å². The number of carbonyl (C=O) groups is 2. The van der Waals surface area contributed by atoms with Crippen molar-refractivity contribution in [3.8, 4) is 11.1 Å². The van der Waals surface area contributed by atoms with E-state index in [1.165, 1.54) is 12.3 Å². The van der Waals surface area contributed by atoms with Crippen LogP contribution in [0.2, 0.25) is 0 Å². The lowest BCUT2D eigenvalue weighted by molar-refractivity contribution is -0.137. The average molecular weight is 503 g/mol. The molecule has 1 aliphatic heterocycles. The Morgan fingerprint density at radius 1 is 1.19 bits per heavy atom. The van der Waals surface area contributed by atoms with E-state index in [2.05, 4.69) is 20.4 Å². The Kier molecular flexibility index (Phi) is 6.66. The summed E-state index contributed by atoms with van der Waals surface area (Å²) in [6.45, 7) is 3.85. The maximum absolute atomic E-state index is 13.3. The summed E-state index contributed by atoms with van der Waals surface area (Å²) in [5.74, 6) is -0.610. The van der Waals surface area contributed by atoms with E-state index in [9.17, 15) is 19.1 Å². The van der Waals surface area contributed by atoms with Crippen LogP contribution in [0, 0.1) is 12.9 Å². The Balaban J connectivity index is 1.38. The Morgan fingerprint density at radius 2 is 2.00 bits per heavy atom. The van der Waals surface area contributed by atoms with E-state index in [1.807, 2.05) is 37.3 Å². The normalized spacial score (nSPS) is 16.2. The summed E-state index contributed by atoms with van der Waals surface area (Å²) in [6, 6.07) is 13.2. The molecule has 2 N–H and O–H groups in total. The van der Waals surface area contributed by atoms with Crippen LogP contribution >= 0.6 is 0 Å². The van der Waals surface area contributed by atoms with Crippen LogP contribution in [-0.4, -0.2) is 54.2 Å². The molecular weight excluding hydrogens is 475 g/mol. The van der Waals surface area contributed by atoms with Crippen molar-refractivity contribution >= 4 is 28.5 Å². The van der Waals surface area contributed by atoms with Gasteiger partial charge in [0.15, 0.2) is 0 Å². The van der Waals surface area contributed by atoms with Crippen LogP contribution in [0.3, 0.4) is 0 Å². The van der Waals surface area contributed by atoms with E-state index >= 15 is 0 Å². The fraction of sp³-hybridized carbons (Fsp3) is 0.296. The highest BCUT2D eigenvalue weighted by Gasteiger charge is 2.34. The molecule has 0 aliphatic carbocycles. The van der Waals surface area contributed by atoms with Gasteiger partial charge in [-0.1, -0.05) is 12.1 Å². The molecule has 5 rings (SSSR count). The van der Waals surface area contributed by atoms with E-state index in [4.69, 9.17) is 0 Å². The number of aliphatic hydroxyl groups is 1. The van der Waals surface area contributed by atoms with Gasteiger partial charge in [0.25, 0.3) is 0 Å². The summed E-state index contributed by atoms with van der Waals surface area (Å²) < 4.78 is 14.8. The molecule has 0 saturated carbocycles. The predicted molar refractivity (Wildman–Crippen MR) is 136 cm³/mol. The number of aryl methyl sites for hydroxylation is 1. The molecular formula is C27H27FN6O3. The summed E-state index contributed by atoms with van der Waals surface area (Å²) in [7, 11) is 0. The summed E-state index contributed by atoms with van der Waals surface area (Å²) in [6.07, 6.45) is 1.86. The molecule has 1 saturated heterocycles. The smallest absolute Gasteiger partial charge is 0.248 e. The number of anilines is 1. The van der Waals surface area contributed by atoms with Crippen LogP contribution < -0.4 is 5.32 Å². The Morgan fingerprint density at radius 3 is 2.73 bits per heavy atom. The van der Waals surface area contributed by atoms with Crippen molar-refractivity contribution in [3.05, 3.63) is 72.1 Å². The standard InChI is InChI=1S/C27H27FN6O3/c1-16-5-3-7-24(30-16)31-27(37)22-6-4-12-33(22)25(36)15-34-21-10-8-18(19-9-11-23(28)29-14-19)13-20(21)26(32-34)17(2)35/h3,5,7-11,13-14,17,22,35H,4,6,12,15H2,1-2H3,(H,30,31,37)/t17?,22-/m0/s1. The number of aromatic nitrogens is 4. The third-order valence-corrected chi connectivity index (χ3v) is 6.54. The first-order chi connectivity index (χ1) is 17.8. The van der Waals surface area contributed by atoms with Gasteiger partial charge in [-0.2, -0.15) is 9.49 Å². The molecule has 1 aliphatic rings. The zero-order valence-electron chi connectivity index (χ0n) is 20.6. The van der Waals surface area contributed by atoms with Crippen molar-refractivity contribution in [1.82, 2.24) is 24.6 Å². The quantitative estimate of drug-likeness (QED) is 0.390. The summed E-state index contributed by atoms with van der Waals surface area (Å²) in [5.41, 5.74) is 3.40. The van der Waals surface area contributed by atoms with Gasteiger partial charge in [0.05, 0.1) is 17.3 Å². The average Bonchev–Trinajstić information content (AvgIpc) is 3.50. The number of fused-ring (bicyclic) bond motifs is 1. The molecule has 4 heterocycles. The largest absolute Gasteiger partial charge is 0.387 e. The number of aliphatic hydroxyl groups excluding tert-OH is 1. The first kappa shape index (κ1) is 24.5. The van der Waals surface area contributed by atoms with Crippen LogP contribution in [0.1, 0.15) is 37.3 Å². The van der Waals surface area contributed by atoms with Gasteiger partial charge in [-0.05, 0) is 68.7 Å². The minimum atomic E-state index is -0.868. The fourth-order valence-corrected chi connectivity index (χ4v) is 4.74. The van der Waals surface area contributed by atoms with E-state index < -0.39 is 18.1 Å². The molecule has 2 amide bonds. The Labute approximate surface area is 213 Å². The van der Waals surface area contributed by atoms with Crippen molar-refractivity contribution in [1.29, 1.82) is 0 Å². The number of nitrogens with zero attached hydrogens (tertiary/aromatic N) is 5. The second-order valence-corrected chi connectivity index (χ2v) is 9.22. The predicted octanol–water partition coefficient (Wildman–Crippen LogP) is 3.62. The summed E-state index contributed by atoms with van der Waals surface area (Å²) in [5, 5.41) is 18.4. The molecule has 37 heavy (non-hydrogen) atoms. The third-order valence-electron chi connectivity index (χ3n) is 6.54. The molecule has 9 nitrogen and oxygen atoms in total. The lowest BCUT2D eigenvalue weighted by Gasteiger charge is -2.24. The minimum Gasteiger partial charge on any atom is -0.387 e. The molecule has 1 unspecified atom stereocenters. The fourth-order valence-electron chi connectivity index (χ4n) is 4.74.